The first-order chi connectivity index (χ1) is 9.81. The molecule has 1 nitrogen and oxygen atoms in total. The number of ether oxygens (including phenoxy) is 1. The molecule has 0 spiro atoms. The zero-order valence-corrected chi connectivity index (χ0v) is 13.0. The minimum atomic E-state index is 0.391. The number of benzene rings is 1. The largest absolute Gasteiger partial charge is 0.490 e. The summed E-state index contributed by atoms with van der Waals surface area (Å²) in [6.07, 6.45) is 7.45. The SMILES string of the molecule is CCC1CCCC(Oc2ccc(C#CCCCl)cc2)C1. The van der Waals surface area contributed by atoms with Crippen molar-refractivity contribution in [2.24, 2.45) is 5.92 Å². The van der Waals surface area contributed by atoms with Gasteiger partial charge < -0.3 is 4.74 Å². The lowest BCUT2D eigenvalue weighted by molar-refractivity contribution is 0.122. The molecule has 0 N–H and O–H groups in total. The Morgan fingerprint density at radius 2 is 2.05 bits per heavy atom. The molecule has 1 aliphatic carbocycles. The molecule has 0 heterocycles. The number of halogens is 1. The molecule has 0 aliphatic heterocycles. The molecule has 1 aromatic carbocycles. The van der Waals surface area contributed by atoms with E-state index in [1.54, 1.807) is 0 Å². The van der Waals surface area contributed by atoms with Crippen LogP contribution in [0.3, 0.4) is 0 Å². The summed E-state index contributed by atoms with van der Waals surface area (Å²) in [4.78, 5) is 0. The maximum absolute atomic E-state index is 6.10. The molecule has 2 heteroatoms. The van der Waals surface area contributed by atoms with Gasteiger partial charge in [-0.05, 0) is 49.4 Å². The van der Waals surface area contributed by atoms with Gasteiger partial charge in [0, 0.05) is 17.9 Å². The topological polar surface area (TPSA) is 9.23 Å². The van der Waals surface area contributed by atoms with Gasteiger partial charge in [0.25, 0.3) is 0 Å². The van der Waals surface area contributed by atoms with Crippen molar-refractivity contribution in [2.45, 2.75) is 51.6 Å². The molecule has 2 atom stereocenters. The lowest BCUT2D eigenvalue weighted by Crippen LogP contribution is -2.25. The van der Waals surface area contributed by atoms with E-state index >= 15 is 0 Å². The van der Waals surface area contributed by atoms with E-state index in [4.69, 9.17) is 16.3 Å². The molecular weight excluding hydrogens is 268 g/mol. The normalized spacial score (nSPS) is 21.9. The Balaban J connectivity index is 1.89. The van der Waals surface area contributed by atoms with E-state index < -0.39 is 0 Å². The van der Waals surface area contributed by atoms with Crippen LogP contribution >= 0.6 is 11.6 Å². The molecular formula is C18H23ClO. The average molecular weight is 291 g/mol. The second-order valence-electron chi connectivity index (χ2n) is 5.45. The van der Waals surface area contributed by atoms with Crippen LogP contribution < -0.4 is 4.74 Å². The highest BCUT2D eigenvalue weighted by atomic mass is 35.5. The summed E-state index contributed by atoms with van der Waals surface area (Å²) in [7, 11) is 0. The van der Waals surface area contributed by atoms with Crippen LogP contribution in [0.5, 0.6) is 5.75 Å². The van der Waals surface area contributed by atoms with E-state index in [-0.39, 0.29) is 0 Å². The van der Waals surface area contributed by atoms with Crippen LogP contribution in [0.25, 0.3) is 0 Å². The Hall–Kier alpha value is -1.13. The fourth-order valence-electron chi connectivity index (χ4n) is 2.74. The van der Waals surface area contributed by atoms with Crippen molar-refractivity contribution in [3.63, 3.8) is 0 Å². The van der Waals surface area contributed by atoms with E-state index in [1.165, 1.54) is 32.1 Å². The van der Waals surface area contributed by atoms with Gasteiger partial charge in [0.05, 0.1) is 6.10 Å². The summed E-state index contributed by atoms with van der Waals surface area (Å²) in [5.41, 5.74) is 1.03. The Morgan fingerprint density at radius 3 is 2.75 bits per heavy atom. The predicted molar refractivity (Wildman–Crippen MR) is 85.3 cm³/mol. The monoisotopic (exact) mass is 290 g/mol. The number of rotatable bonds is 4. The first-order valence-corrected chi connectivity index (χ1v) is 8.16. The summed E-state index contributed by atoms with van der Waals surface area (Å²) in [5.74, 6) is 8.55. The van der Waals surface area contributed by atoms with Crippen LogP contribution in [0.15, 0.2) is 24.3 Å². The quantitative estimate of drug-likeness (QED) is 0.559. The highest BCUT2D eigenvalue weighted by Gasteiger charge is 2.21. The van der Waals surface area contributed by atoms with E-state index in [1.807, 2.05) is 24.3 Å². The lowest BCUT2D eigenvalue weighted by atomic mass is 9.85. The van der Waals surface area contributed by atoms with Crippen molar-refractivity contribution < 1.29 is 4.74 Å². The van der Waals surface area contributed by atoms with Crippen LogP contribution in [0.2, 0.25) is 0 Å². The third kappa shape index (κ3) is 4.76. The van der Waals surface area contributed by atoms with E-state index in [2.05, 4.69) is 18.8 Å². The Bertz CT molecular complexity index is 455. The summed E-state index contributed by atoms with van der Waals surface area (Å²) in [5, 5.41) is 0. The molecule has 1 aromatic rings. The molecule has 0 radical (unpaired) electrons. The predicted octanol–water partition coefficient (Wildman–Crippen LogP) is 5.01. The van der Waals surface area contributed by atoms with E-state index in [9.17, 15) is 0 Å². The third-order valence-electron chi connectivity index (χ3n) is 3.92. The average Bonchev–Trinajstić information content (AvgIpc) is 2.49. The maximum Gasteiger partial charge on any atom is 0.119 e. The molecule has 0 amide bonds. The fraction of sp³-hybridized carbons (Fsp3) is 0.556. The molecule has 1 fully saturated rings. The molecule has 20 heavy (non-hydrogen) atoms. The van der Waals surface area contributed by atoms with Crippen molar-refractivity contribution in [3.8, 4) is 17.6 Å². The van der Waals surface area contributed by atoms with Gasteiger partial charge >= 0.3 is 0 Å². The van der Waals surface area contributed by atoms with Gasteiger partial charge in [0.1, 0.15) is 5.75 Å². The second-order valence-corrected chi connectivity index (χ2v) is 5.82. The molecule has 0 saturated heterocycles. The van der Waals surface area contributed by atoms with Crippen molar-refractivity contribution in [1.82, 2.24) is 0 Å². The smallest absolute Gasteiger partial charge is 0.119 e. The van der Waals surface area contributed by atoms with Crippen LogP contribution in [0.1, 0.15) is 51.0 Å². The molecule has 1 saturated carbocycles. The van der Waals surface area contributed by atoms with Crippen molar-refractivity contribution >= 4 is 11.6 Å². The minimum absolute atomic E-state index is 0.391. The van der Waals surface area contributed by atoms with Gasteiger partial charge in [0.2, 0.25) is 0 Å². The third-order valence-corrected chi connectivity index (χ3v) is 4.11. The summed E-state index contributed by atoms with van der Waals surface area (Å²) >= 11 is 5.60. The Kier molecular flexibility index (Phi) is 6.27. The van der Waals surface area contributed by atoms with Crippen molar-refractivity contribution in [3.05, 3.63) is 29.8 Å². The van der Waals surface area contributed by atoms with Gasteiger partial charge in [-0.2, -0.15) is 0 Å². The number of hydrogen-bond acceptors (Lipinski definition) is 1. The lowest BCUT2D eigenvalue weighted by Gasteiger charge is -2.28. The maximum atomic E-state index is 6.10. The zero-order chi connectivity index (χ0) is 14.2. The van der Waals surface area contributed by atoms with Crippen molar-refractivity contribution in [1.29, 1.82) is 0 Å². The number of alkyl halides is 1. The van der Waals surface area contributed by atoms with E-state index in [0.29, 0.717) is 12.0 Å². The molecule has 0 aromatic heterocycles. The van der Waals surface area contributed by atoms with Gasteiger partial charge in [-0.15, -0.1) is 11.6 Å². The minimum Gasteiger partial charge on any atom is -0.490 e. The van der Waals surface area contributed by atoms with Gasteiger partial charge in [0.15, 0.2) is 0 Å². The molecule has 2 unspecified atom stereocenters. The standard InChI is InChI=1S/C18H23ClO/c1-2-15-7-5-8-18(14-15)20-17-11-9-16(10-12-17)6-3-4-13-19/h9-12,15,18H,2,4-5,7-8,13-14H2,1H3. The van der Waals surface area contributed by atoms with Crippen LogP contribution in [-0.4, -0.2) is 12.0 Å². The first kappa shape index (κ1) is 15.3. The van der Waals surface area contributed by atoms with Gasteiger partial charge in [-0.25, -0.2) is 0 Å². The summed E-state index contributed by atoms with van der Waals surface area (Å²) < 4.78 is 6.10. The van der Waals surface area contributed by atoms with Crippen molar-refractivity contribution in [2.75, 3.05) is 5.88 Å². The molecule has 108 valence electrons. The van der Waals surface area contributed by atoms with Crippen LogP contribution in [-0.2, 0) is 0 Å². The fourth-order valence-corrected chi connectivity index (χ4v) is 2.84. The molecule has 1 aliphatic rings. The molecule has 0 bridgehead atoms. The van der Waals surface area contributed by atoms with Crippen LogP contribution in [0, 0.1) is 17.8 Å². The second kappa shape index (κ2) is 8.22. The highest BCUT2D eigenvalue weighted by Crippen LogP contribution is 2.29. The molecule has 2 rings (SSSR count). The number of hydrogen-bond donors (Lipinski definition) is 0. The van der Waals surface area contributed by atoms with Crippen LogP contribution in [0.4, 0.5) is 0 Å². The summed E-state index contributed by atoms with van der Waals surface area (Å²) in [6.45, 7) is 2.28. The highest BCUT2D eigenvalue weighted by molar-refractivity contribution is 6.18. The van der Waals surface area contributed by atoms with E-state index in [0.717, 1.165) is 23.7 Å². The summed E-state index contributed by atoms with van der Waals surface area (Å²) in [6, 6.07) is 8.11. The first-order valence-electron chi connectivity index (χ1n) is 7.63. The van der Waals surface area contributed by atoms with Gasteiger partial charge in [-0.1, -0.05) is 31.6 Å². The zero-order valence-electron chi connectivity index (χ0n) is 12.2. The Morgan fingerprint density at radius 1 is 1.25 bits per heavy atom. The van der Waals surface area contributed by atoms with Gasteiger partial charge in [-0.3, -0.25) is 0 Å². The Labute approximate surface area is 127 Å².